The molecule has 2 aromatic heterocycles. The number of nitrogen functional groups attached to an aromatic ring is 1. The van der Waals surface area contributed by atoms with E-state index in [0.717, 1.165) is 28.8 Å². The minimum atomic E-state index is 0.715. The smallest absolute Gasteiger partial charge is 0.0951 e. The highest BCUT2D eigenvalue weighted by atomic mass is 32.1. The number of anilines is 2. The molecule has 3 rings (SSSR count). The summed E-state index contributed by atoms with van der Waals surface area (Å²) in [5.41, 5.74) is 11.7. The molecule has 102 valence electrons. The lowest BCUT2D eigenvalue weighted by atomic mass is 10.1. The maximum absolute atomic E-state index is 6.00. The van der Waals surface area contributed by atoms with Gasteiger partial charge in [-0.1, -0.05) is 0 Å². The average molecular weight is 284 g/mol. The van der Waals surface area contributed by atoms with Crippen LogP contribution >= 0.6 is 11.3 Å². The van der Waals surface area contributed by atoms with Crippen molar-refractivity contribution in [3.05, 3.63) is 46.5 Å². The molecule has 0 bridgehead atoms. The van der Waals surface area contributed by atoms with Crippen molar-refractivity contribution in [1.29, 1.82) is 0 Å². The van der Waals surface area contributed by atoms with Gasteiger partial charge >= 0.3 is 0 Å². The number of rotatable bonds is 3. The average Bonchev–Trinajstić information content (AvgIpc) is 2.85. The van der Waals surface area contributed by atoms with Gasteiger partial charge in [0.25, 0.3) is 0 Å². The summed E-state index contributed by atoms with van der Waals surface area (Å²) in [5, 5.41) is 1.08. The molecular formula is C15H16N4S. The summed E-state index contributed by atoms with van der Waals surface area (Å²) in [7, 11) is 2.08. The molecule has 0 aliphatic carbocycles. The van der Waals surface area contributed by atoms with Crippen LogP contribution in [0.3, 0.4) is 0 Å². The molecule has 0 unspecified atom stereocenters. The maximum Gasteiger partial charge on any atom is 0.0951 e. The second-order valence-corrected chi connectivity index (χ2v) is 5.73. The Morgan fingerprint density at radius 1 is 1.25 bits per heavy atom. The SMILES string of the molecule is Cc1ncsc1CN(C)c1ccc(N)c2ncccc12. The van der Waals surface area contributed by atoms with Crippen LogP contribution in [0.5, 0.6) is 0 Å². The minimum Gasteiger partial charge on any atom is -0.397 e. The summed E-state index contributed by atoms with van der Waals surface area (Å²) in [5.74, 6) is 0. The summed E-state index contributed by atoms with van der Waals surface area (Å²) in [6.45, 7) is 2.88. The molecule has 0 saturated heterocycles. The van der Waals surface area contributed by atoms with Crippen LogP contribution in [0.25, 0.3) is 10.9 Å². The van der Waals surface area contributed by atoms with Crippen LogP contribution in [-0.2, 0) is 6.54 Å². The number of fused-ring (bicyclic) bond motifs is 1. The van der Waals surface area contributed by atoms with Crippen LogP contribution in [0.2, 0.25) is 0 Å². The molecule has 0 amide bonds. The number of aromatic nitrogens is 2. The highest BCUT2D eigenvalue weighted by Gasteiger charge is 2.11. The van der Waals surface area contributed by atoms with E-state index in [0.29, 0.717) is 5.69 Å². The van der Waals surface area contributed by atoms with Crippen LogP contribution in [-0.4, -0.2) is 17.0 Å². The Hall–Kier alpha value is -2.14. The van der Waals surface area contributed by atoms with E-state index in [1.807, 2.05) is 24.6 Å². The van der Waals surface area contributed by atoms with Crippen molar-refractivity contribution in [1.82, 2.24) is 9.97 Å². The Labute approximate surface area is 121 Å². The molecule has 2 heterocycles. The number of nitrogens with two attached hydrogens (primary N) is 1. The van der Waals surface area contributed by atoms with Crippen molar-refractivity contribution in [2.24, 2.45) is 0 Å². The summed E-state index contributed by atoms with van der Waals surface area (Å²) in [6, 6.07) is 7.97. The molecule has 0 radical (unpaired) electrons. The van der Waals surface area contributed by atoms with E-state index in [9.17, 15) is 0 Å². The van der Waals surface area contributed by atoms with E-state index in [1.165, 1.54) is 4.88 Å². The number of pyridine rings is 1. The largest absolute Gasteiger partial charge is 0.397 e. The summed E-state index contributed by atoms with van der Waals surface area (Å²) < 4.78 is 0. The van der Waals surface area contributed by atoms with E-state index in [4.69, 9.17) is 5.73 Å². The van der Waals surface area contributed by atoms with Crippen molar-refractivity contribution in [2.45, 2.75) is 13.5 Å². The van der Waals surface area contributed by atoms with Gasteiger partial charge in [0.2, 0.25) is 0 Å². The molecular weight excluding hydrogens is 268 g/mol. The maximum atomic E-state index is 6.00. The van der Waals surface area contributed by atoms with Crippen LogP contribution < -0.4 is 10.6 Å². The Morgan fingerprint density at radius 2 is 2.10 bits per heavy atom. The molecule has 1 aromatic carbocycles. The van der Waals surface area contributed by atoms with Crippen molar-refractivity contribution in [2.75, 3.05) is 17.7 Å². The van der Waals surface area contributed by atoms with Crippen LogP contribution in [0.4, 0.5) is 11.4 Å². The predicted molar refractivity (Wildman–Crippen MR) is 85.1 cm³/mol. The first kappa shape index (κ1) is 12.9. The lowest BCUT2D eigenvalue weighted by Crippen LogP contribution is -2.16. The molecule has 0 saturated carbocycles. The number of hydrogen-bond acceptors (Lipinski definition) is 5. The monoisotopic (exact) mass is 284 g/mol. The van der Waals surface area contributed by atoms with Crippen LogP contribution in [0, 0.1) is 6.92 Å². The minimum absolute atomic E-state index is 0.715. The van der Waals surface area contributed by atoms with Crippen molar-refractivity contribution >= 4 is 33.6 Å². The third-order valence-corrected chi connectivity index (χ3v) is 4.33. The van der Waals surface area contributed by atoms with Gasteiger partial charge in [-0.25, -0.2) is 4.98 Å². The van der Waals surface area contributed by atoms with Gasteiger partial charge in [-0.2, -0.15) is 0 Å². The van der Waals surface area contributed by atoms with E-state index < -0.39 is 0 Å². The molecule has 0 spiro atoms. The zero-order valence-electron chi connectivity index (χ0n) is 11.5. The molecule has 5 heteroatoms. The third-order valence-electron chi connectivity index (χ3n) is 3.41. The highest BCUT2D eigenvalue weighted by molar-refractivity contribution is 7.09. The fraction of sp³-hybridized carbons (Fsp3) is 0.200. The Bertz CT molecular complexity index is 750. The van der Waals surface area contributed by atoms with Gasteiger partial charge in [-0.15, -0.1) is 11.3 Å². The number of thiazole rings is 1. The Balaban J connectivity index is 2.02. The van der Waals surface area contributed by atoms with Crippen molar-refractivity contribution in [3.63, 3.8) is 0 Å². The highest BCUT2D eigenvalue weighted by Crippen LogP contribution is 2.30. The van der Waals surface area contributed by atoms with E-state index in [1.54, 1.807) is 17.5 Å². The fourth-order valence-corrected chi connectivity index (χ4v) is 3.12. The second-order valence-electron chi connectivity index (χ2n) is 4.79. The lowest BCUT2D eigenvalue weighted by Gasteiger charge is -2.21. The Morgan fingerprint density at radius 3 is 2.85 bits per heavy atom. The first-order chi connectivity index (χ1) is 9.66. The van der Waals surface area contributed by atoms with Crippen LogP contribution in [0.15, 0.2) is 36.0 Å². The fourth-order valence-electron chi connectivity index (χ4n) is 2.29. The number of nitrogens with zero attached hydrogens (tertiary/aromatic N) is 3. The van der Waals surface area contributed by atoms with Gasteiger partial charge in [-0.3, -0.25) is 4.98 Å². The number of hydrogen-bond donors (Lipinski definition) is 1. The summed E-state index contributed by atoms with van der Waals surface area (Å²) in [6.07, 6.45) is 1.77. The van der Waals surface area contributed by atoms with E-state index >= 15 is 0 Å². The van der Waals surface area contributed by atoms with Gasteiger partial charge in [0.05, 0.1) is 29.0 Å². The molecule has 4 nitrogen and oxygen atoms in total. The third kappa shape index (κ3) is 2.20. The predicted octanol–water partition coefficient (Wildman–Crippen LogP) is 3.22. The molecule has 3 aromatic rings. The zero-order chi connectivity index (χ0) is 14.1. The van der Waals surface area contributed by atoms with Gasteiger partial charge in [-0.05, 0) is 31.2 Å². The quantitative estimate of drug-likeness (QED) is 0.750. The number of benzene rings is 1. The van der Waals surface area contributed by atoms with Gasteiger partial charge in [0, 0.05) is 29.2 Å². The molecule has 0 atom stereocenters. The van der Waals surface area contributed by atoms with Crippen molar-refractivity contribution in [3.8, 4) is 0 Å². The van der Waals surface area contributed by atoms with Gasteiger partial charge in [0.1, 0.15) is 0 Å². The molecule has 0 fully saturated rings. The molecule has 0 aliphatic heterocycles. The van der Waals surface area contributed by atoms with Gasteiger partial charge in [0.15, 0.2) is 0 Å². The Kier molecular flexibility index (Phi) is 3.28. The van der Waals surface area contributed by atoms with E-state index in [2.05, 4.69) is 34.0 Å². The second kappa shape index (κ2) is 5.09. The first-order valence-corrected chi connectivity index (χ1v) is 7.28. The lowest BCUT2D eigenvalue weighted by molar-refractivity contribution is 0.931. The number of aryl methyl sites for hydroxylation is 1. The van der Waals surface area contributed by atoms with Crippen molar-refractivity contribution < 1.29 is 0 Å². The molecule has 0 aliphatic rings. The summed E-state index contributed by atoms with van der Waals surface area (Å²) >= 11 is 1.69. The van der Waals surface area contributed by atoms with Crippen LogP contribution in [0.1, 0.15) is 10.6 Å². The standard InChI is InChI=1S/C15H16N4S/c1-10-14(20-9-18-10)8-19(2)13-6-5-12(16)15-11(13)4-3-7-17-15/h3-7,9H,8,16H2,1-2H3. The normalized spacial score (nSPS) is 10.9. The summed E-state index contributed by atoms with van der Waals surface area (Å²) in [4.78, 5) is 12.2. The van der Waals surface area contributed by atoms with E-state index in [-0.39, 0.29) is 0 Å². The zero-order valence-corrected chi connectivity index (χ0v) is 12.3. The molecule has 2 N–H and O–H groups in total. The molecule has 20 heavy (non-hydrogen) atoms. The topological polar surface area (TPSA) is 55.0 Å². The van der Waals surface area contributed by atoms with Gasteiger partial charge < -0.3 is 10.6 Å². The first-order valence-electron chi connectivity index (χ1n) is 6.40.